The number of halogens is 1. The number of thioether (sulfide) groups is 1. The number of hydrogen-bond acceptors (Lipinski definition) is 7. The summed E-state index contributed by atoms with van der Waals surface area (Å²) in [6, 6.07) is 7.25. The normalized spacial score (nSPS) is 15.3. The number of aryl methyl sites for hydroxylation is 1. The Labute approximate surface area is 194 Å². The number of nitrogens with one attached hydrogen (secondary N) is 1. The van der Waals surface area contributed by atoms with Crippen LogP contribution in [0.15, 0.2) is 29.2 Å². The molecule has 1 aromatic heterocycles. The number of thiocarbonyl (C=S) groups is 1. The van der Waals surface area contributed by atoms with Gasteiger partial charge in [0, 0.05) is 24.4 Å². The van der Waals surface area contributed by atoms with E-state index in [1.807, 2.05) is 12.1 Å². The van der Waals surface area contributed by atoms with Gasteiger partial charge in [0.15, 0.2) is 0 Å². The van der Waals surface area contributed by atoms with Gasteiger partial charge in [0.2, 0.25) is 11.0 Å². The van der Waals surface area contributed by atoms with Gasteiger partial charge in [0.05, 0.1) is 4.91 Å². The number of rotatable bonds is 9. The summed E-state index contributed by atoms with van der Waals surface area (Å²) in [6.07, 6.45) is 5.60. The summed E-state index contributed by atoms with van der Waals surface area (Å²) in [7, 11) is 0. The van der Waals surface area contributed by atoms with E-state index in [1.165, 1.54) is 23.1 Å². The molecule has 1 aliphatic rings. The van der Waals surface area contributed by atoms with Crippen LogP contribution in [-0.4, -0.2) is 37.8 Å². The summed E-state index contributed by atoms with van der Waals surface area (Å²) in [6.45, 7) is 2.52. The van der Waals surface area contributed by atoms with E-state index in [2.05, 4.69) is 22.4 Å². The van der Waals surface area contributed by atoms with Crippen LogP contribution in [0.3, 0.4) is 0 Å². The number of benzene rings is 1. The fourth-order valence-electron chi connectivity index (χ4n) is 2.72. The molecule has 1 aliphatic heterocycles. The van der Waals surface area contributed by atoms with Gasteiger partial charge in [-0.2, -0.15) is 0 Å². The van der Waals surface area contributed by atoms with Crippen LogP contribution in [-0.2, 0) is 16.0 Å². The number of anilines is 1. The number of hydrogen-bond donors (Lipinski definition) is 1. The minimum absolute atomic E-state index is 0.134. The molecule has 1 N–H and O–H groups in total. The summed E-state index contributed by atoms with van der Waals surface area (Å²) >= 11 is 13.9. The molecule has 6 nitrogen and oxygen atoms in total. The number of aromatic nitrogens is 2. The molecule has 0 radical (unpaired) electrons. The van der Waals surface area contributed by atoms with E-state index in [1.54, 1.807) is 23.1 Å². The molecule has 1 fully saturated rings. The van der Waals surface area contributed by atoms with Crippen LogP contribution < -0.4 is 5.32 Å². The van der Waals surface area contributed by atoms with E-state index in [-0.39, 0.29) is 18.2 Å². The maximum atomic E-state index is 12.6. The molecular formula is C20H21ClN4O2S3. The highest BCUT2D eigenvalue weighted by Gasteiger charge is 2.31. The second-order valence-electron chi connectivity index (χ2n) is 6.64. The molecule has 0 atom stereocenters. The number of amides is 2. The van der Waals surface area contributed by atoms with E-state index >= 15 is 0 Å². The third-order valence-electron chi connectivity index (χ3n) is 4.28. The van der Waals surface area contributed by atoms with Gasteiger partial charge in [-0.3, -0.25) is 14.5 Å². The molecule has 0 saturated carbocycles. The smallest absolute Gasteiger partial charge is 0.266 e. The first-order valence-corrected chi connectivity index (χ1v) is 12.0. The van der Waals surface area contributed by atoms with Crippen molar-refractivity contribution >= 4 is 74.3 Å². The fraction of sp³-hybridized carbons (Fsp3) is 0.350. The average Bonchev–Trinajstić information content (AvgIpc) is 3.27. The zero-order valence-corrected chi connectivity index (χ0v) is 19.6. The Bertz CT molecular complexity index is 959. The maximum Gasteiger partial charge on any atom is 0.266 e. The lowest BCUT2D eigenvalue weighted by Crippen LogP contribution is -2.29. The van der Waals surface area contributed by atoms with Gasteiger partial charge in [-0.05, 0) is 36.6 Å². The highest BCUT2D eigenvalue weighted by Crippen LogP contribution is 2.32. The van der Waals surface area contributed by atoms with Crippen molar-refractivity contribution in [2.24, 2.45) is 0 Å². The van der Waals surface area contributed by atoms with Crippen LogP contribution in [0, 0.1) is 0 Å². The Hall–Kier alpha value is -1.81. The number of unbranched alkanes of at least 4 members (excludes halogenated alkanes) is 1. The first kappa shape index (κ1) is 22.9. The fourth-order valence-corrected chi connectivity index (χ4v) is 4.95. The van der Waals surface area contributed by atoms with E-state index in [0.29, 0.717) is 32.3 Å². The lowest BCUT2D eigenvalue weighted by molar-refractivity contribution is -0.122. The van der Waals surface area contributed by atoms with E-state index < -0.39 is 0 Å². The summed E-state index contributed by atoms with van der Waals surface area (Å²) in [5.74, 6) is -0.277. The Morgan fingerprint density at radius 3 is 2.77 bits per heavy atom. The highest BCUT2D eigenvalue weighted by atomic mass is 35.5. The summed E-state index contributed by atoms with van der Waals surface area (Å²) in [4.78, 5) is 26.9. The van der Waals surface area contributed by atoms with Gasteiger partial charge < -0.3 is 5.32 Å². The zero-order valence-electron chi connectivity index (χ0n) is 16.4. The Morgan fingerprint density at radius 2 is 2.03 bits per heavy atom. The number of carbonyl (C=O) groups is 2. The SMILES string of the molecule is CCCCc1nnc(NC(=O)CCCN2C(=O)C(=Cc3ccc(Cl)cc3)SC2=S)s1. The molecular weight excluding hydrogens is 460 g/mol. The van der Waals surface area contributed by atoms with Crippen molar-refractivity contribution in [1.82, 2.24) is 15.1 Å². The minimum Gasteiger partial charge on any atom is -0.301 e. The molecule has 158 valence electrons. The molecule has 2 aromatic rings. The van der Waals surface area contributed by atoms with Gasteiger partial charge in [-0.1, -0.05) is 72.4 Å². The molecule has 1 aromatic carbocycles. The molecule has 30 heavy (non-hydrogen) atoms. The van der Waals surface area contributed by atoms with Gasteiger partial charge in [0.25, 0.3) is 5.91 Å². The lowest BCUT2D eigenvalue weighted by atomic mass is 10.2. The van der Waals surface area contributed by atoms with Crippen LogP contribution in [0.1, 0.15) is 43.2 Å². The molecule has 0 unspecified atom stereocenters. The predicted octanol–water partition coefficient (Wildman–Crippen LogP) is 5.15. The monoisotopic (exact) mass is 480 g/mol. The van der Waals surface area contributed by atoms with Crippen LogP contribution >= 0.6 is 46.9 Å². The van der Waals surface area contributed by atoms with Crippen LogP contribution in [0.25, 0.3) is 6.08 Å². The van der Waals surface area contributed by atoms with Crippen molar-refractivity contribution in [1.29, 1.82) is 0 Å². The first-order chi connectivity index (χ1) is 14.5. The molecule has 0 aliphatic carbocycles. The van der Waals surface area contributed by atoms with Gasteiger partial charge in [-0.25, -0.2) is 0 Å². The van der Waals surface area contributed by atoms with E-state index in [9.17, 15) is 9.59 Å². The first-order valence-electron chi connectivity index (χ1n) is 9.59. The Morgan fingerprint density at radius 1 is 1.27 bits per heavy atom. The van der Waals surface area contributed by atoms with Crippen molar-refractivity contribution in [3.63, 3.8) is 0 Å². The topological polar surface area (TPSA) is 75.2 Å². The Balaban J connectivity index is 1.47. The van der Waals surface area contributed by atoms with Crippen molar-refractivity contribution in [3.05, 3.63) is 44.8 Å². The van der Waals surface area contributed by atoms with Crippen molar-refractivity contribution in [3.8, 4) is 0 Å². The molecule has 0 spiro atoms. The third-order valence-corrected chi connectivity index (χ3v) is 6.81. The molecule has 3 rings (SSSR count). The summed E-state index contributed by atoms with van der Waals surface area (Å²) < 4.78 is 0.505. The molecule has 2 amide bonds. The molecule has 0 bridgehead atoms. The van der Waals surface area contributed by atoms with E-state index in [0.717, 1.165) is 29.8 Å². The van der Waals surface area contributed by atoms with Crippen molar-refractivity contribution in [2.45, 2.75) is 39.0 Å². The van der Waals surface area contributed by atoms with Crippen molar-refractivity contribution in [2.75, 3.05) is 11.9 Å². The van der Waals surface area contributed by atoms with Gasteiger partial charge in [0.1, 0.15) is 9.33 Å². The quantitative estimate of drug-likeness (QED) is 0.395. The standard InChI is InChI=1S/C20H21ClN4O2S3/c1-2-3-6-17-23-24-19(30-17)22-16(26)5-4-11-25-18(27)15(29-20(25)28)12-13-7-9-14(21)10-8-13/h7-10,12H,2-6,11H2,1H3,(H,22,24,26). The second-order valence-corrected chi connectivity index (χ2v) is 9.82. The number of carbonyl (C=O) groups excluding carboxylic acids is 2. The molecule has 2 heterocycles. The average molecular weight is 481 g/mol. The van der Waals surface area contributed by atoms with E-state index in [4.69, 9.17) is 23.8 Å². The molecule has 1 saturated heterocycles. The third kappa shape index (κ3) is 6.34. The molecule has 10 heteroatoms. The highest BCUT2D eigenvalue weighted by molar-refractivity contribution is 8.26. The van der Waals surface area contributed by atoms with Crippen molar-refractivity contribution < 1.29 is 9.59 Å². The second kappa shape index (κ2) is 11.0. The lowest BCUT2D eigenvalue weighted by Gasteiger charge is -2.13. The largest absolute Gasteiger partial charge is 0.301 e. The summed E-state index contributed by atoms with van der Waals surface area (Å²) in [5, 5.41) is 13.0. The predicted molar refractivity (Wildman–Crippen MR) is 128 cm³/mol. The maximum absolute atomic E-state index is 12.6. The Kier molecular flexibility index (Phi) is 8.38. The van der Waals surface area contributed by atoms with Crippen LogP contribution in [0.4, 0.5) is 5.13 Å². The van der Waals surface area contributed by atoms with Gasteiger partial charge in [-0.15, -0.1) is 10.2 Å². The summed E-state index contributed by atoms with van der Waals surface area (Å²) in [5.41, 5.74) is 0.884. The van der Waals surface area contributed by atoms with Crippen LogP contribution in [0.5, 0.6) is 0 Å². The number of nitrogens with zero attached hydrogens (tertiary/aromatic N) is 3. The minimum atomic E-state index is -0.143. The zero-order chi connectivity index (χ0) is 21.5. The van der Waals surface area contributed by atoms with Gasteiger partial charge >= 0.3 is 0 Å². The van der Waals surface area contributed by atoms with Crippen LogP contribution in [0.2, 0.25) is 5.02 Å².